The summed E-state index contributed by atoms with van der Waals surface area (Å²) in [5.74, 6) is 6.80. The van der Waals surface area contributed by atoms with E-state index in [-0.39, 0.29) is 0 Å². The molecule has 0 spiro atoms. The van der Waals surface area contributed by atoms with Gasteiger partial charge < -0.3 is 4.74 Å². The van der Waals surface area contributed by atoms with Crippen molar-refractivity contribution in [3.05, 3.63) is 35.9 Å². The summed E-state index contributed by atoms with van der Waals surface area (Å²) in [5, 5.41) is 0. The van der Waals surface area contributed by atoms with Crippen molar-refractivity contribution in [1.82, 2.24) is 5.43 Å². The normalized spacial score (nSPS) is 23.6. The number of ether oxygens (including phenoxy) is 1. The minimum atomic E-state index is 0.303. The highest BCUT2D eigenvalue weighted by atomic mass is 16.5. The molecule has 0 saturated carbocycles. The minimum absolute atomic E-state index is 0.303. The Hall–Kier alpha value is -0.900. The van der Waals surface area contributed by atoms with E-state index in [0.717, 1.165) is 26.1 Å². The fourth-order valence-electron chi connectivity index (χ4n) is 3.03. The smallest absolute Gasteiger partial charge is 0.0509 e. The Kier molecular flexibility index (Phi) is 5.17. The first-order valence-corrected chi connectivity index (χ1v) is 6.95. The second-order valence-electron chi connectivity index (χ2n) is 5.10. The average Bonchev–Trinajstić information content (AvgIpc) is 2.46. The lowest BCUT2D eigenvalue weighted by molar-refractivity contribution is 0.0343. The number of benzene rings is 1. The summed E-state index contributed by atoms with van der Waals surface area (Å²) in [6, 6.07) is 11.0. The van der Waals surface area contributed by atoms with Crippen LogP contribution in [-0.2, 0) is 4.74 Å². The van der Waals surface area contributed by atoms with Gasteiger partial charge in [-0.1, -0.05) is 37.3 Å². The maximum atomic E-state index is 5.81. The third-order valence-corrected chi connectivity index (χ3v) is 4.00. The van der Waals surface area contributed by atoms with Crippen molar-refractivity contribution in [3.63, 3.8) is 0 Å². The predicted octanol–water partition coefficient (Wildman–Crippen LogP) is 2.44. The van der Waals surface area contributed by atoms with Crippen LogP contribution in [-0.4, -0.2) is 19.3 Å². The van der Waals surface area contributed by atoms with Crippen LogP contribution in [0.3, 0.4) is 0 Å². The molecule has 3 atom stereocenters. The van der Waals surface area contributed by atoms with Crippen LogP contribution in [0.1, 0.15) is 37.7 Å². The summed E-state index contributed by atoms with van der Waals surface area (Å²) >= 11 is 0. The highest BCUT2D eigenvalue weighted by Gasteiger charge is 2.30. The summed E-state index contributed by atoms with van der Waals surface area (Å²) in [5.41, 5.74) is 4.41. The van der Waals surface area contributed by atoms with E-state index in [0.29, 0.717) is 17.9 Å². The number of nitrogens with two attached hydrogens (primary N) is 1. The van der Waals surface area contributed by atoms with Gasteiger partial charge in [-0.15, -0.1) is 0 Å². The molecule has 0 aromatic heterocycles. The molecule has 0 radical (unpaired) electrons. The van der Waals surface area contributed by atoms with Gasteiger partial charge >= 0.3 is 0 Å². The summed E-state index contributed by atoms with van der Waals surface area (Å²) < 4.78 is 5.60. The van der Waals surface area contributed by atoms with E-state index in [1.807, 2.05) is 0 Å². The van der Waals surface area contributed by atoms with Crippen LogP contribution in [0.25, 0.3) is 0 Å². The molecule has 100 valence electrons. The molecule has 1 aromatic carbocycles. The molecule has 1 aliphatic heterocycles. The predicted molar refractivity (Wildman–Crippen MR) is 74.1 cm³/mol. The molecule has 1 aromatic rings. The molecular formula is C15H24N2O. The lowest BCUT2D eigenvalue weighted by Crippen LogP contribution is -2.47. The Balaban J connectivity index is 2.13. The van der Waals surface area contributed by atoms with Gasteiger partial charge in [0.25, 0.3) is 0 Å². The van der Waals surface area contributed by atoms with E-state index in [1.165, 1.54) is 12.0 Å². The molecule has 1 fully saturated rings. The van der Waals surface area contributed by atoms with Gasteiger partial charge in [0, 0.05) is 18.6 Å². The Bertz CT molecular complexity index is 336. The monoisotopic (exact) mass is 248 g/mol. The first kappa shape index (κ1) is 13.5. The molecule has 1 heterocycles. The fraction of sp³-hybridized carbons (Fsp3) is 0.600. The zero-order chi connectivity index (χ0) is 12.8. The Morgan fingerprint density at radius 3 is 2.72 bits per heavy atom. The minimum Gasteiger partial charge on any atom is -0.381 e. The summed E-state index contributed by atoms with van der Waals surface area (Å²) in [4.78, 5) is 0. The van der Waals surface area contributed by atoms with Gasteiger partial charge in [0.15, 0.2) is 0 Å². The van der Waals surface area contributed by atoms with Gasteiger partial charge in [-0.05, 0) is 30.7 Å². The third-order valence-electron chi connectivity index (χ3n) is 4.00. The number of hydrogen-bond acceptors (Lipinski definition) is 3. The molecule has 18 heavy (non-hydrogen) atoms. The van der Waals surface area contributed by atoms with Gasteiger partial charge in [-0.3, -0.25) is 11.3 Å². The van der Waals surface area contributed by atoms with Gasteiger partial charge in [-0.25, -0.2) is 0 Å². The molecule has 3 unspecified atom stereocenters. The summed E-state index contributed by atoms with van der Waals surface area (Å²) in [7, 11) is 0. The van der Waals surface area contributed by atoms with Crippen LogP contribution in [0.4, 0.5) is 0 Å². The largest absolute Gasteiger partial charge is 0.381 e. The van der Waals surface area contributed by atoms with E-state index in [9.17, 15) is 0 Å². The third kappa shape index (κ3) is 3.10. The van der Waals surface area contributed by atoms with Crippen LogP contribution in [0, 0.1) is 5.92 Å². The highest BCUT2D eigenvalue weighted by molar-refractivity contribution is 5.21. The van der Waals surface area contributed by atoms with Crippen LogP contribution < -0.4 is 11.3 Å². The van der Waals surface area contributed by atoms with E-state index < -0.39 is 0 Å². The quantitative estimate of drug-likeness (QED) is 0.621. The highest BCUT2D eigenvalue weighted by Crippen LogP contribution is 2.30. The zero-order valence-corrected chi connectivity index (χ0v) is 11.1. The number of nitrogens with one attached hydrogen (secondary N) is 1. The first-order chi connectivity index (χ1) is 8.86. The SMILES string of the molecule is CCC(c1ccccc1)C(NN)C1CCCOC1. The van der Waals surface area contributed by atoms with Crippen molar-refractivity contribution in [2.45, 2.75) is 38.1 Å². The van der Waals surface area contributed by atoms with Crippen molar-refractivity contribution in [1.29, 1.82) is 0 Å². The van der Waals surface area contributed by atoms with Crippen molar-refractivity contribution in [3.8, 4) is 0 Å². The number of hydrazine groups is 1. The van der Waals surface area contributed by atoms with Crippen LogP contribution in [0.15, 0.2) is 30.3 Å². The first-order valence-electron chi connectivity index (χ1n) is 6.95. The number of rotatable bonds is 5. The Labute approximate surface area is 110 Å². The lowest BCUT2D eigenvalue weighted by Gasteiger charge is -2.35. The van der Waals surface area contributed by atoms with Crippen molar-refractivity contribution < 1.29 is 4.74 Å². The molecule has 3 N–H and O–H groups in total. The average molecular weight is 248 g/mol. The van der Waals surface area contributed by atoms with Gasteiger partial charge in [-0.2, -0.15) is 0 Å². The van der Waals surface area contributed by atoms with Crippen molar-refractivity contribution in [2.24, 2.45) is 11.8 Å². The topological polar surface area (TPSA) is 47.3 Å². The summed E-state index contributed by atoms with van der Waals surface area (Å²) in [6.07, 6.45) is 3.45. The second kappa shape index (κ2) is 6.88. The van der Waals surface area contributed by atoms with Gasteiger partial charge in [0.2, 0.25) is 0 Å². The van der Waals surface area contributed by atoms with Crippen LogP contribution in [0.2, 0.25) is 0 Å². The lowest BCUT2D eigenvalue weighted by atomic mass is 9.80. The molecular weight excluding hydrogens is 224 g/mol. The summed E-state index contributed by atoms with van der Waals surface area (Å²) in [6.45, 7) is 3.96. The standard InChI is InChI=1S/C15H24N2O/c1-2-14(12-7-4-3-5-8-12)15(17-16)13-9-6-10-18-11-13/h3-5,7-8,13-15,17H,2,6,9-11,16H2,1H3. The Morgan fingerprint density at radius 1 is 1.39 bits per heavy atom. The maximum absolute atomic E-state index is 5.81. The Morgan fingerprint density at radius 2 is 2.17 bits per heavy atom. The van der Waals surface area contributed by atoms with E-state index in [2.05, 4.69) is 42.7 Å². The molecule has 3 heteroatoms. The molecule has 2 rings (SSSR count). The van der Waals surface area contributed by atoms with E-state index in [4.69, 9.17) is 10.6 Å². The van der Waals surface area contributed by atoms with Crippen LogP contribution >= 0.6 is 0 Å². The molecule has 1 aliphatic rings. The van der Waals surface area contributed by atoms with E-state index in [1.54, 1.807) is 0 Å². The molecule has 3 nitrogen and oxygen atoms in total. The van der Waals surface area contributed by atoms with Crippen molar-refractivity contribution >= 4 is 0 Å². The molecule has 1 saturated heterocycles. The maximum Gasteiger partial charge on any atom is 0.0509 e. The second-order valence-corrected chi connectivity index (χ2v) is 5.10. The van der Waals surface area contributed by atoms with Crippen molar-refractivity contribution in [2.75, 3.05) is 13.2 Å². The van der Waals surface area contributed by atoms with E-state index >= 15 is 0 Å². The number of hydrogen-bond donors (Lipinski definition) is 2. The van der Waals surface area contributed by atoms with Gasteiger partial charge in [0.1, 0.15) is 0 Å². The fourth-order valence-corrected chi connectivity index (χ4v) is 3.03. The zero-order valence-electron chi connectivity index (χ0n) is 11.1. The molecule has 0 amide bonds. The molecule has 0 bridgehead atoms. The van der Waals surface area contributed by atoms with Gasteiger partial charge in [0.05, 0.1) is 6.61 Å². The van der Waals surface area contributed by atoms with Crippen LogP contribution in [0.5, 0.6) is 0 Å². The molecule has 0 aliphatic carbocycles.